The van der Waals surface area contributed by atoms with E-state index in [2.05, 4.69) is 0 Å². The van der Waals surface area contributed by atoms with Crippen molar-refractivity contribution in [2.24, 2.45) is 0 Å². The third kappa shape index (κ3) is 3.39. The Balaban J connectivity index is 2.11. The van der Waals surface area contributed by atoms with E-state index < -0.39 is 5.97 Å². The molecule has 5 heteroatoms. The summed E-state index contributed by atoms with van der Waals surface area (Å²) in [5, 5.41) is 10.5. The molecule has 0 aliphatic rings. The predicted octanol–water partition coefficient (Wildman–Crippen LogP) is 6.10. The highest BCUT2D eigenvalue weighted by molar-refractivity contribution is 6.12. The second kappa shape index (κ2) is 7.59. The normalized spacial score (nSPS) is 10.9. The number of carboxylic acid groups (broad SMARTS) is 1. The molecule has 0 radical (unpaired) electrons. The Morgan fingerprint density at radius 1 is 0.833 bits per heavy atom. The maximum atomic E-state index is 12.1. The summed E-state index contributed by atoms with van der Waals surface area (Å²) in [6.07, 6.45) is 0. The van der Waals surface area contributed by atoms with Crippen LogP contribution < -0.4 is 9.47 Å². The molecule has 0 atom stereocenters. The van der Waals surface area contributed by atoms with Gasteiger partial charge in [-0.1, -0.05) is 6.07 Å². The van der Waals surface area contributed by atoms with Gasteiger partial charge in [0, 0.05) is 16.5 Å². The summed E-state index contributed by atoms with van der Waals surface area (Å²) in [5.74, 6) is 1.04. The highest BCUT2D eigenvalue weighted by Gasteiger charge is 2.24. The van der Waals surface area contributed by atoms with E-state index in [1.165, 1.54) is 0 Å². The third-order valence-electron chi connectivity index (χ3n) is 5.09. The van der Waals surface area contributed by atoms with Crippen LogP contribution >= 0.6 is 0 Å². The van der Waals surface area contributed by atoms with Gasteiger partial charge in [-0.05, 0) is 79.1 Å². The minimum absolute atomic E-state index is 0.212. The van der Waals surface area contributed by atoms with Crippen LogP contribution in [-0.4, -0.2) is 25.3 Å². The van der Waals surface area contributed by atoms with Crippen molar-refractivity contribution in [1.82, 2.24) is 0 Å². The van der Waals surface area contributed by atoms with Crippen molar-refractivity contribution in [2.45, 2.75) is 13.8 Å². The van der Waals surface area contributed by atoms with Gasteiger partial charge in [-0.2, -0.15) is 0 Å². The number of hydrogen-bond acceptors (Lipinski definition) is 4. The van der Waals surface area contributed by atoms with Crippen molar-refractivity contribution in [2.75, 3.05) is 14.2 Å². The minimum Gasteiger partial charge on any atom is -0.497 e. The second-order valence-electron chi connectivity index (χ2n) is 7.26. The first-order valence-corrected chi connectivity index (χ1v) is 9.52. The Morgan fingerprint density at radius 3 is 2.13 bits per heavy atom. The Morgan fingerprint density at radius 2 is 1.50 bits per heavy atom. The molecule has 4 aromatic rings. The number of carboxylic acids is 1. The topological polar surface area (TPSA) is 68.9 Å². The predicted molar refractivity (Wildman–Crippen MR) is 117 cm³/mol. The van der Waals surface area contributed by atoms with E-state index in [4.69, 9.17) is 13.9 Å². The fourth-order valence-electron chi connectivity index (χ4n) is 3.77. The van der Waals surface area contributed by atoms with Crippen molar-refractivity contribution >= 4 is 16.9 Å². The Kier molecular flexibility index (Phi) is 4.96. The second-order valence-corrected chi connectivity index (χ2v) is 7.26. The van der Waals surface area contributed by atoms with Gasteiger partial charge in [-0.3, -0.25) is 0 Å². The van der Waals surface area contributed by atoms with Gasteiger partial charge in [-0.25, -0.2) is 4.79 Å². The van der Waals surface area contributed by atoms with E-state index in [9.17, 15) is 9.90 Å². The number of aromatic carboxylic acids is 1. The third-order valence-corrected chi connectivity index (χ3v) is 5.09. The first-order valence-electron chi connectivity index (χ1n) is 9.52. The van der Waals surface area contributed by atoms with Crippen molar-refractivity contribution in [3.8, 4) is 33.9 Å². The van der Waals surface area contributed by atoms with Crippen LogP contribution in [0.5, 0.6) is 11.5 Å². The highest BCUT2D eigenvalue weighted by Crippen LogP contribution is 2.44. The molecule has 0 aliphatic carbocycles. The number of carbonyl (C=O) groups is 1. The maximum absolute atomic E-state index is 12.1. The molecular formula is C25H22O5. The molecule has 0 unspecified atom stereocenters. The lowest BCUT2D eigenvalue weighted by Crippen LogP contribution is -1.98. The molecule has 0 aliphatic heterocycles. The molecule has 0 saturated carbocycles. The highest BCUT2D eigenvalue weighted by atomic mass is 16.5. The van der Waals surface area contributed by atoms with Gasteiger partial charge in [0.25, 0.3) is 0 Å². The number of furan rings is 1. The van der Waals surface area contributed by atoms with Crippen LogP contribution in [0.3, 0.4) is 0 Å². The van der Waals surface area contributed by atoms with Crippen molar-refractivity contribution in [3.05, 3.63) is 71.3 Å². The van der Waals surface area contributed by atoms with E-state index in [0.717, 1.165) is 33.6 Å². The lowest BCUT2D eigenvalue weighted by molar-refractivity contribution is 0.0699. The average molecular weight is 402 g/mol. The zero-order valence-corrected chi connectivity index (χ0v) is 17.3. The number of rotatable bonds is 5. The molecular weight excluding hydrogens is 380 g/mol. The molecule has 0 spiro atoms. The van der Waals surface area contributed by atoms with Crippen LogP contribution in [0.1, 0.15) is 21.5 Å². The standard InChI is InChI=1S/C25H22O5/c1-14-9-17(13-19(10-14)29-4)22-23-20(25(26)27)11-15(2)12-21(23)30-24(22)16-5-7-18(28-3)8-6-16/h5-13H,1-4H3,(H,26,27). The van der Waals surface area contributed by atoms with Crippen LogP contribution in [0, 0.1) is 13.8 Å². The lowest BCUT2D eigenvalue weighted by Gasteiger charge is -2.10. The Labute approximate surface area is 174 Å². The quantitative estimate of drug-likeness (QED) is 0.437. The number of methoxy groups -OCH3 is 2. The van der Waals surface area contributed by atoms with Gasteiger partial charge >= 0.3 is 5.97 Å². The zero-order chi connectivity index (χ0) is 21.4. The first-order chi connectivity index (χ1) is 14.4. The Bertz CT molecular complexity index is 1250. The summed E-state index contributed by atoms with van der Waals surface area (Å²) in [6.45, 7) is 3.83. The molecule has 152 valence electrons. The summed E-state index contributed by atoms with van der Waals surface area (Å²) >= 11 is 0. The summed E-state index contributed by atoms with van der Waals surface area (Å²) in [6, 6.07) is 16.9. The van der Waals surface area contributed by atoms with E-state index >= 15 is 0 Å². The van der Waals surface area contributed by atoms with Crippen LogP contribution in [0.25, 0.3) is 33.4 Å². The Hall–Kier alpha value is -3.73. The first kappa shape index (κ1) is 19.6. The van der Waals surface area contributed by atoms with E-state index in [-0.39, 0.29) is 5.56 Å². The molecule has 4 rings (SSSR count). The smallest absolute Gasteiger partial charge is 0.336 e. The maximum Gasteiger partial charge on any atom is 0.336 e. The number of hydrogen-bond donors (Lipinski definition) is 1. The zero-order valence-electron chi connectivity index (χ0n) is 17.3. The summed E-state index contributed by atoms with van der Waals surface area (Å²) in [7, 11) is 3.23. The molecule has 5 nitrogen and oxygen atoms in total. The van der Waals surface area contributed by atoms with E-state index in [0.29, 0.717) is 22.5 Å². The fourth-order valence-corrected chi connectivity index (χ4v) is 3.77. The minimum atomic E-state index is -0.994. The number of ether oxygens (including phenoxy) is 2. The number of fused-ring (bicyclic) bond motifs is 1. The summed E-state index contributed by atoms with van der Waals surface area (Å²) < 4.78 is 17.0. The van der Waals surface area contributed by atoms with Gasteiger partial charge < -0.3 is 19.0 Å². The molecule has 0 saturated heterocycles. The molecule has 30 heavy (non-hydrogen) atoms. The van der Waals surface area contributed by atoms with Crippen molar-refractivity contribution < 1.29 is 23.8 Å². The molecule has 1 aromatic heterocycles. The van der Waals surface area contributed by atoms with Gasteiger partial charge in [0.15, 0.2) is 0 Å². The molecule has 1 heterocycles. The van der Waals surface area contributed by atoms with E-state index in [1.54, 1.807) is 20.3 Å². The number of aryl methyl sites for hydroxylation is 2. The van der Waals surface area contributed by atoms with Crippen molar-refractivity contribution in [1.29, 1.82) is 0 Å². The van der Waals surface area contributed by atoms with Gasteiger partial charge in [-0.15, -0.1) is 0 Å². The monoisotopic (exact) mass is 402 g/mol. The van der Waals surface area contributed by atoms with Crippen LogP contribution in [0.2, 0.25) is 0 Å². The SMILES string of the molecule is COc1ccc(-c2oc3cc(C)cc(C(=O)O)c3c2-c2cc(C)cc(OC)c2)cc1. The van der Waals surface area contributed by atoms with Crippen molar-refractivity contribution in [3.63, 3.8) is 0 Å². The average Bonchev–Trinajstić information content (AvgIpc) is 3.11. The van der Waals surface area contributed by atoms with Gasteiger partial charge in [0.1, 0.15) is 22.8 Å². The van der Waals surface area contributed by atoms with Gasteiger partial charge in [0.05, 0.1) is 19.8 Å². The summed E-state index contributed by atoms with van der Waals surface area (Å²) in [4.78, 5) is 12.1. The van der Waals surface area contributed by atoms with E-state index in [1.807, 2.05) is 62.4 Å². The molecule has 0 bridgehead atoms. The molecule has 0 amide bonds. The van der Waals surface area contributed by atoms with Crippen LogP contribution in [0.15, 0.2) is 59.0 Å². The fraction of sp³-hybridized carbons (Fsp3) is 0.160. The largest absolute Gasteiger partial charge is 0.497 e. The molecule has 0 fully saturated rings. The molecule has 3 aromatic carbocycles. The number of benzene rings is 3. The lowest BCUT2D eigenvalue weighted by atomic mass is 9.94. The van der Waals surface area contributed by atoms with Crippen LogP contribution in [-0.2, 0) is 0 Å². The molecule has 1 N–H and O–H groups in total. The summed E-state index contributed by atoms with van der Waals surface area (Å²) in [5.41, 5.74) is 4.97. The van der Waals surface area contributed by atoms with Gasteiger partial charge in [0.2, 0.25) is 0 Å². The van der Waals surface area contributed by atoms with Crippen LogP contribution in [0.4, 0.5) is 0 Å².